The van der Waals surface area contributed by atoms with Crippen molar-refractivity contribution < 1.29 is 14.3 Å². The van der Waals surface area contributed by atoms with Crippen molar-refractivity contribution in [3.05, 3.63) is 63.4 Å². The molecule has 1 heterocycles. The number of hydrogen-bond donors (Lipinski definition) is 1. The largest absolute Gasteiger partial charge is 0.492 e. The SMILES string of the molecule is C=CC(=O)N(N)CCOc1ccc(CCC(=O)c2sc(CC)c3c2CCC(C)(C)C3)cc1. The summed E-state index contributed by atoms with van der Waals surface area (Å²) in [6.07, 6.45) is 6.65. The number of hydrogen-bond acceptors (Lipinski definition) is 5. The Hall–Kier alpha value is -2.44. The summed E-state index contributed by atoms with van der Waals surface area (Å²) in [4.78, 5) is 26.8. The van der Waals surface area contributed by atoms with Crippen LogP contribution >= 0.6 is 11.3 Å². The zero-order valence-corrected chi connectivity index (χ0v) is 20.2. The number of thiophene rings is 1. The lowest BCUT2D eigenvalue weighted by Gasteiger charge is -2.30. The number of fused-ring (bicyclic) bond motifs is 1. The van der Waals surface area contributed by atoms with Crippen LogP contribution in [0.15, 0.2) is 36.9 Å². The monoisotopic (exact) mass is 454 g/mol. The lowest BCUT2D eigenvalue weighted by Crippen LogP contribution is -2.39. The molecule has 0 unspecified atom stereocenters. The van der Waals surface area contributed by atoms with E-state index in [-0.39, 0.29) is 18.2 Å². The van der Waals surface area contributed by atoms with Gasteiger partial charge in [-0.25, -0.2) is 5.84 Å². The fourth-order valence-corrected chi connectivity index (χ4v) is 5.45. The molecule has 0 atom stereocenters. The first-order valence-electron chi connectivity index (χ1n) is 11.3. The van der Waals surface area contributed by atoms with Crippen LogP contribution in [0.4, 0.5) is 0 Å². The number of ketones is 1. The third-order valence-corrected chi connectivity index (χ3v) is 7.56. The zero-order chi connectivity index (χ0) is 23.3. The zero-order valence-electron chi connectivity index (χ0n) is 19.4. The van der Waals surface area contributed by atoms with E-state index in [0.29, 0.717) is 30.6 Å². The number of nitrogens with two attached hydrogens (primary N) is 1. The van der Waals surface area contributed by atoms with Gasteiger partial charge in [0.05, 0.1) is 11.4 Å². The lowest BCUT2D eigenvalue weighted by molar-refractivity contribution is -0.126. The smallest absolute Gasteiger partial charge is 0.259 e. The summed E-state index contributed by atoms with van der Waals surface area (Å²) in [5.74, 6) is 6.24. The Bertz CT molecular complexity index is 976. The summed E-state index contributed by atoms with van der Waals surface area (Å²) >= 11 is 1.72. The molecule has 0 fully saturated rings. The highest BCUT2D eigenvalue weighted by Crippen LogP contribution is 2.42. The van der Waals surface area contributed by atoms with E-state index in [0.717, 1.165) is 41.1 Å². The van der Waals surface area contributed by atoms with E-state index >= 15 is 0 Å². The van der Waals surface area contributed by atoms with Crippen LogP contribution in [0.2, 0.25) is 0 Å². The minimum atomic E-state index is -0.338. The van der Waals surface area contributed by atoms with E-state index in [1.807, 2.05) is 24.3 Å². The third-order valence-electron chi connectivity index (χ3n) is 6.10. The average Bonchev–Trinajstić information content (AvgIpc) is 3.14. The van der Waals surface area contributed by atoms with Crippen molar-refractivity contribution in [2.75, 3.05) is 13.2 Å². The molecule has 0 aliphatic heterocycles. The van der Waals surface area contributed by atoms with Crippen LogP contribution in [-0.4, -0.2) is 29.9 Å². The first-order valence-corrected chi connectivity index (χ1v) is 12.1. The third kappa shape index (κ3) is 5.87. The summed E-state index contributed by atoms with van der Waals surface area (Å²) < 4.78 is 5.64. The number of hydrazine groups is 1. The van der Waals surface area contributed by atoms with Gasteiger partial charge in [0, 0.05) is 11.3 Å². The minimum absolute atomic E-state index is 0.265. The van der Waals surface area contributed by atoms with E-state index in [9.17, 15) is 9.59 Å². The molecule has 0 saturated heterocycles. The molecule has 0 bridgehead atoms. The molecule has 0 spiro atoms. The molecule has 3 rings (SSSR count). The van der Waals surface area contributed by atoms with Gasteiger partial charge >= 0.3 is 0 Å². The van der Waals surface area contributed by atoms with Crippen molar-refractivity contribution in [2.45, 2.75) is 59.3 Å². The molecular weight excluding hydrogens is 420 g/mol. The summed E-state index contributed by atoms with van der Waals surface area (Å²) in [6, 6.07) is 7.75. The van der Waals surface area contributed by atoms with Crippen molar-refractivity contribution in [1.82, 2.24) is 5.01 Å². The molecule has 1 aliphatic rings. The molecule has 1 aliphatic carbocycles. The molecule has 32 heavy (non-hydrogen) atoms. The Labute approximate surface area is 195 Å². The number of aryl methyl sites for hydroxylation is 2. The normalized spacial score (nSPS) is 14.5. The molecule has 1 aromatic heterocycles. The number of rotatable bonds is 10. The number of carbonyl (C=O) groups is 2. The maximum atomic E-state index is 13.1. The number of benzene rings is 1. The van der Waals surface area contributed by atoms with E-state index in [4.69, 9.17) is 10.6 Å². The topological polar surface area (TPSA) is 72.6 Å². The fraction of sp³-hybridized carbons (Fsp3) is 0.462. The first kappa shape index (κ1) is 24.2. The molecule has 1 amide bonds. The molecule has 2 N–H and O–H groups in total. The van der Waals surface area contributed by atoms with E-state index < -0.39 is 0 Å². The highest BCUT2D eigenvalue weighted by molar-refractivity contribution is 7.14. The van der Waals surface area contributed by atoms with Gasteiger partial charge in [-0.1, -0.05) is 39.5 Å². The number of amides is 1. The number of nitrogens with zero attached hydrogens (tertiary/aromatic N) is 1. The molecule has 0 saturated carbocycles. The molecule has 6 heteroatoms. The highest BCUT2D eigenvalue weighted by Gasteiger charge is 2.31. The maximum absolute atomic E-state index is 13.1. The predicted octanol–water partition coefficient (Wildman–Crippen LogP) is 4.91. The maximum Gasteiger partial charge on any atom is 0.259 e. The van der Waals surface area contributed by atoms with Crippen LogP contribution in [0.1, 0.15) is 64.9 Å². The first-order chi connectivity index (χ1) is 15.2. The van der Waals surface area contributed by atoms with Gasteiger partial charge in [0.25, 0.3) is 5.91 Å². The second kappa shape index (κ2) is 10.5. The van der Waals surface area contributed by atoms with Gasteiger partial charge in [0.15, 0.2) is 5.78 Å². The number of Topliss-reactive ketones (excluding diaryl/α,β-unsaturated/α-hetero) is 1. The summed E-state index contributed by atoms with van der Waals surface area (Å²) in [5, 5.41) is 1.07. The van der Waals surface area contributed by atoms with Gasteiger partial charge in [-0.3, -0.25) is 14.6 Å². The minimum Gasteiger partial charge on any atom is -0.492 e. The summed E-state index contributed by atoms with van der Waals surface area (Å²) in [5.41, 5.74) is 4.20. The van der Waals surface area contributed by atoms with E-state index in [1.165, 1.54) is 22.1 Å². The van der Waals surface area contributed by atoms with Gasteiger partial charge in [-0.15, -0.1) is 11.3 Å². The number of carbonyl (C=O) groups excluding carboxylic acids is 2. The van der Waals surface area contributed by atoms with E-state index in [2.05, 4.69) is 27.4 Å². The van der Waals surface area contributed by atoms with Crippen LogP contribution in [0.5, 0.6) is 5.75 Å². The molecule has 172 valence electrons. The van der Waals surface area contributed by atoms with Gasteiger partial charge in [0.1, 0.15) is 12.4 Å². The Morgan fingerprint density at radius 3 is 2.62 bits per heavy atom. The standard InChI is InChI=1S/C26H34N2O3S/c1-5-23-21-17-26(3,4)14-13-20(21)25(32-23)22(29)12-9-18-7-10-19(11-8-18)31-16-15-28(27)24(30)6-2/h6-8,10-11H,2,5,9,12-17,27H2,1,3-4H3. The van der Waals surface area contributed by atoms with Gasteiger partial charge in [-0.05, 0) is 72.4 Å². The van der Waals surface area contributed by atoms with Gasteiger partial charge < -0.3 is 4.74 Å². The van der Waals surface area contributed by atoms with Crippen molar-refractivity contribution in [3.63, 3.8) is 0 Å². The quantitative estimate of drug-likeness (QED) is 0.182. The highest BCUT2D eigenvalue weighted by atomic mass is 32.1. The molecular formula is C26H34N2O3S. The van der Waals surface area contributed by atoms with Gasteiger partial charge in [-0.2, -0.15) is 0 Å². The van der Waals surface area contributed by atoms with Crippen LogP contribution in [-0.2, 0) is 30.5 Å². The van der Waals surface area contributed by atoms with Crippen LogP contribution in [0.3, 0.4) is 0 Å². The van der Waals surface area contributed by atoms with Gasteiger partial charge in [0.2, 0.25) is 0 Å². The van der Waals surface area contributed by atoms with E-state index in [1.54, 1.807) is 11.3 Å². The Morgan fingerprint density at radius 2 is 1.97 bits per heavy atom. The molecule has 5 nitrogen and oxygen atoms in total. The fourth-order valence-electron chi connectivity index (χ4n) is 4.18. The van der Waals surface area contributed by atoms with Crippen molar-refractivity contribution >= 4 is 23.0 Å². The van der Waals surface area contributed by atoms with Crippen LogP contribution in [0.25, 0.3) is 0 Å². The van der Waals surface area contributed by atoms with Crippen LogP contribution in [0, 0.1) is 5.41 Å². The van der Waals surface area contributed by atoms with Crippen LogP contribution < -0.4 is 10.6 Å². The molecule has 2 aromatic rings. The summed E-state index contributed by atoms with van der Waals surface area (Å²) in [6.45, 7) is 10.8. The van der Waals surface area contributed by atoms with Crippen molar-refractivity contribution in [2.24, 2.45) is 11.3 Å². The molecule has 0 radical (unpaired) electrons. The van der Waals surface area contributed by atoms with Crippen molar-refractivity contribution in [1.29, 1.82) is 0 Å². The second-order valence-corrected chi connectivity index (χ2v) is 10.3. The second-order valence-electron chi connectivity index (χ2n) is 9.16. The number of ether oxygens (including phenoxy) is 1. The lowest BCUT2D eigenvalue weighted by atomic mass is 9.74. The Kier molecular flexibility index (Phi) is 7.91. The predicted molar refractivity (Wildman–Crippen MR) is 130 cm³/mol. The summed E-state index contributed by atoms with van der Waals surface area (Å²) in [7, 11) is 0. The molecule has 1 aromatic carbocycles. The Morgan fingerprint density at radius 1 is 1.25 bits per heavy atom. The van der Waals surface area contributed by atoms with Crippen molar-refractivity contribution in [3.8, 4) is 5.75 Å². The Balaban J connectivity index is 1.55. The average molecular weight is 455 g/mol.